The molecule has 0 saturated heterocycles. The van der Waals surface area contributed by atoms with Crippen LogP contribution in [0.2, 0.25) is 5.02 Å². The van der Waals surface area contributed by atoms with Crippen molar-refractivity contribution in [3.8, 4) is 5.75 Å². The van der Waals surface area contributed by atoms with Gasteiger partial charge in [0, 0.05) is 5.25 Å². The molecule has 2 aromatic rings. The Kier molecular flexibility index (Phi) is 8.15. The predicted octanol–water partition coefficient (Wildman–Crippen LogP) is 3.88. The summed E-state index contributed by atoms with van der Waals surface area (Å²) in [6.07, 6.45) is 1.29. The molecular weight excluding hydrogens is 456 g/mol. The minimum absolute atomic E-state index is 0.244. The Labute approximate surface area is 184 Å². The van der Waals surface area contributed by atoms with Crippen LogP contribution in [0.3, 0.4) is 0 Å². The Morgan fingerprint density at radius 2 is 2.07 bits per heavy atom. The Bertz CT molecular complexity index is 965. The number of benzene rings is 1. The van der Waals surface area contributed by atoms with Crippen molar-refractivity contribution >= 4 is 61.4 Å². The lowest BCUT2D eigenvalue weighted by Gasteiger charge is -2.30. The van der Waals surface area contributed by atoms with Gasteiger partial charge >= 0.3 is 0 Å². The number of halogens is 1. The molecule has 0 aliphatic rings. The van der Waals surface area contributed by atoms with Crippen LogP contribution in [0, 0.1) is 0 Å². The average molecular weight is 479 g/mol. The number of nitrogens with one attached hydrogen (secondary N) is 1. The lowest BCUT2D eigenvalue weighted by atomic mass is 10.2. The molecule has 1 N–H and O–H groups in total. The van der Waals surface area contributed by atoms with Crippen LogP contribution in [0.5, 0.6) is 5.75 Å². The van der Waals surface area contributed by atoms with Gasteiger partial charge in [-0.05, 0) is 24.6 Å². The first-order valence-electron chi connectivity index (χ1n) is 8.70. The lowest BCUT2D eigenvalue weighted by Crippen LogP contribution is -2.47. The van der Waals surface area contributed by atoms with E-state index in [1.807, 2.05) is 13.8 Å². The standard InChI is InChI=1S/C17H23ClN4O4S3/c1-6-13(15(23)19-16-20-21-17(28-16)27-10(2)3)22(29(5,24)25)11-7-8-14(26-4)12(18)9-11/h7-10,13H,6H2,1-5H3,(H,19,20,23). The summed E-state index contributed by atoms with van der Waals surface area (Å²) in [4.78, 5) is 12.9. The molecule has 0 aliphatic carbocycles. The topological polar surface area (TPSA) is 101 Å². The molecular formula is C17H23ClN4O4S3. The number of carbonyl (C=O) groups excluding carboxylic acids is 1. The number of sulfonamides is 1. The van der Waals surface area contributed by atoms with E-state index in [4.69, 9.17) is 16.3 Å². The van der Waals surface area contributed by atoms with Gasteiger partial charge in [-0.3, -0.25) is 14.4 Å². The van der Waals surface area contributed by atoms with Crippen LogP contribution in [-0.2, 0) is 14.8 Å². The molecule has 0 fully saturated rings. The second kappa shape index (κ2) is 9.96. The molecule has 1 unspecified atom stereocenters. The van der Waals surface area contributed by atoms with Crippen LogP contribution in [0.4, 0.5) is 10.8 Å². The fourth-order valence-corrected chi connectivity index (χ4v) is 5.98. The number of ether oxygens (including phenoxy) is 1. The summed E-state index contributed by atoms with van der Waals surface area (Å²) in [7, 11) is -2.31. The van der Waals surface area contributed by atoms with Crippen molar-refractivity contribution in [3.63, 3.8) is 0 Å². The number of thioether (sulfide) groups is 1. The number of aromatic nitrogens is 2. The first-order chi connectivity index (χ1) is 13.6. The van der Waals surface area contributed by atoms with Gasteiger partial charge in [0.15, 0.2) is 4.34 Å². The van der Waals surface area contributed by atoms with E-state index >= 15 is 0 Å². The third kappa shape index (κ3) is 6.21. The number of carbonyl (C=O) groups is 1. The molecule has 1 atom stereocenters. The van der Waals surface area contributed by atoms with E-state index in [2.05, 4.69) is 15.5 Å². The van der Waals surface area contributed by atoms with Gasteiger partial charge in [-0.25, -0.2) is 8.42 Å². The van der Waals surface area contributed by atoms with Crippen LogP contribution >= 0.6 is 34.7 Å². The minimum Gasteiger partial charge on any atom is -0.495 e. The van der Waals surface area contributed by atoms with Crippen molar-refractivity contribution in [1.29, 1.82) is 0 Å². The summed E-state index contributed by atoms with van der Waals surface area (Å²) in [5.41, 5.74) is 0.272. The SMILES string of the molecule is CCC(C(=O)Nc1nnc(SC(C)C)s1)N(c1ccc(OC)c(Cl)c1)S(C)(=O)=O. The number of hydrogen-bond donors (Lipinski definition) is 1. The zero-order valence-electron chi connectivity index (χ0n) is 16.7. The van der Waals surface area contributed by atoms with Crippen LogP contribution in [-0.4, -0.2) is 49.2 Å². The monoisotopic (exact) mass is 478 g/mol. The van der Waals surface area contributed by atoms with Crippen LogP contribution in [0.25, 0.3) is 0 Å². The molecule has 8 nitrogen and oxygen atoms in total. The zero-order valence-corrected chi connectivity index (χ0v) is 19.9. The Balaban J connectivity index is 2.32. The summed E-state index contributed by atoms with van der Waals surface area (Å²) in [6, 6.07) is 3.57. The molecule has 0 saturated carbocycles. The molecule has 160 valence electrons. The van der Waals surface area contributed by atoms with Crippen LogP contribution in [0.15, 0.2) is 22.5 Å². The van der Waals surface area contributed by atoms with Crippen molar-refractivity contribution in [2.24, 2.45) is 0 Å². The normalized spacial score (nSPS) is 12.7. The molecule has 1 aromatic heterocycles. The fraction of sp³-hybridized carbons (Fsp3) is 0.471. The number of methoxy groups -OCH3 is 1. The highest BCUT2D eigenvalue weighted by atomic mass is 35.5. The highest BCUT2D eigenvalue weighted by Gasteiger charge is 2.32. The summed E-state index contributed by atoms with van der Waals surface area (Å²) in [5, 5.41) is 11.6. The summed E-state index contributed by atoms with van der Waals surface area (Å²) in [6.45, 7) is 5.79. The average Bonchev–Trinajstić information content (AvgIpc) is 3.04. The molecule has 0 radical (unpaired) electrons. The van der Waals surface area contributed by atoms with Crippen molar-refractivity contribution in [1.82, 2.24) is 10.2 Å². The zero-order chi connectivity index (χ0) is 21.8. The largest absolute Gasteiger partial charge is 0.495 e. The maximum atomic E-state index is 12.9. The lowest BCUT2D eigenvalue weighted by molar-refractivity contribution is -0.117. The van der Waals surface area contributed by atoms with Gasteiger partial charge in [-0.1, -0.05) is 55.5 Å². The maximum absolute atomic E-state index is 12.9. The number of hydrogen-bond acceptors (Lipinski definition) is 8. The highest BCUT2D eigenvalue weighted by molar-refractivity contribution is 8.01. The number of anilines is 2. The molecule has 1 heterocycles. The number of rotatable bonds is 9. The third-order valence-electron chi connectivity index (χ3n) is 3.69. The quantitative estimate of drug-likeness (QED) is 0.431. The Morgan fingerprint density at radius 3 is 2.59 bits per heavy atom. The predicted molar refractivity (Wildman–Crippen MR) is 119 cm³/mol. The van der Waals surface area contributed by atoms with Gasteiger partial charge in [-0.2, -0.15) is 0 Å². The molecule has 1 amide bonds. The van der Waals surface area contributed by atoms with Gasteiger partial charge in [-0.15, -0.1) is 10.2 Å². The van der Waals surface area contributed by atoms with Gasteiger partial charge in [0.2, 0.25) is 21.1 Å². The van der Waals surface area contributed by atoms with Crippen molar-refractivity contribution in [2.45, 2.75) is 42.8 Å². The van der Waals surface area contributed by atoms with E-state index in [0.717, 1.165) is 14.9 Å². The number of nitrogens with zero attached hydrogens (tertiary/aromatic N) is 3. The first kappa shape index (κ1) is 23.7. The molecule has 29 heavy (non-hydrogen) atoms. The van der Waals surface area contributed by atoms with Gasteiger partial charge in [0.1, 0.15) is 11.8 Å². The second-order valence-electron chi connectivity index (χ2n) is 6.33. The van der Waals surface area contributed by atoms with Gasteiger partial charge in [0.25, 0.3) is 0 Å². The van der Waals surface area contributed by atoms with Crippen molar-refractivity contribution in [2.75, 3.05) is 23.0 Å². The van der Waals surface area contributed by atoms with Crippen LogP contribution < -0.4 is 14.4 Å². The third-order valence-corrected chi connectivity index (χ3v) is 7.09. The van der Waals surface area contributed by atoms with Crippen molar-refractivity contribution in [3.05, 3.63) is 23.2 Å². The molecule has 0 aliphatic heterocycles. The Morgan fingerprint density at radius 1 is 1.38 bits per heavy atom. The second-order valence-corrected chi connectivity index (χ2v) is 11.4. The van der Waals surface area contributed by atoms with E-state index in [0.29, 0.717) is 16.1 Å². The molecule has 0 bridgehead atoms. The van der Waals surface area contributed by atoms with Crippen molar-refractivity contribution < 1.29 is 17.9 Å². The number of amides is 1. The summed E-state index contributed by atoms with van der Waals surface area (Å²) < 4.78 is 31.9. The van der Waals surface area contributed by atoms with E-state index in [1.165, 1.54) is 36.3 Å². The molecule has 12 heteroatoms. The van der Waals surface area contributed by atoms with Crippen LogP contribution in [0.1, 0.15) is 27.2 Å². The first-order valence-corrected chi connectivity index (χ1v) is 12.6. The van der Waals surface area contributed by atoms with E-state index in [1.54, 1.807) is 19.1 Å². The Hall–Kier alpha value is -1.56. The fourth-order valence-electron chi connectivity index (χ4n) is 2.55. The maximum Gasteiger partial charge on any atom is 0.250 e. The van der Waals surface area contributed by atoms with E-state index in [-0.39, 0.29) is 17.1 Å². The molecule has 1 aromatic carbocycles. The van der Waals surface area contributed by atoms with E-state index < -0.39 is 22.0 Å². The summed E-state index contributed by atoms with van der Waals surface area (Å²) in [5.74, 6) is -0.0903. The minimum atomic E-state index is -3.78. The van der Waals surface area contributed by atoms with Gasteiger partial charge in [0.05, 0.1) is 24.1 Å². The smallest absolute Gasteiger partial charge is 0.250 e. The molecule has 0 spiro atoms. The molecule has 2 rings (SSSR count). The summed E-state index contributed by atoms with van der Waals surface area (Å²) >= 11 is 8.94. The highest BCUT2D eigenvalue weighted by Crippen LogP contribution is 2.33. The van der Waals surface area contributed by atoms with Gasteiger partial charge < -0.3 is 4.74 Å². The van der Waals surface area contributed by atoms with E-state index in [9.17, 15) is 13.2 Å².